The Bertz CT molecular complexity index is 1050. The first-order chi connectivity index (χ1) is 15.6. The number of rotatable bonds is 6. The van der Waals surface area contributed by atoms with Gasteiger partial charge in [0.2, 0.25) is 5.91 Å². The van der Waals surface area contributed by atoms with Gasteiger partial charge in [-0.2, -0.15) is 5.10 Å². The van der Waals surface area contributed by atoms with Gasteiger partial charge in [0.25, 0.3) is 0 Å². The van der Waals surface area contributed by atoms with E-state index in [-0.39, 0.29) is 24.3 Å². The Morgan fingerprint density at radius 3 is 2.53 bits per heavy atom. The van der Waals surface area contributed by atoms with Crippen LogP contribution >= 0.6 is 0 Å². The molecule has 1 aliphatic rings. The van der Waals surface area contributed by atoms with Crippen molar-refractivity contribution in [1.82, 2.24) is 29.9 Å². The van der Waals surface area contributed by atoms with Gasteiger partial charge >= 0.3 is 6.03 Å². The van der Waals surface area contributed by atoms with Crippen LogP contribution in [-0.2, 0) is 11.3 Å². The zero-order chi connectivity index (χ0) is 22.3. The molecule has 0 radical (unpaired) electrons. The first-order valence-corrected chi connectivity index (χ1v) is 10.3. The fourth-order valence-electron chi connectivity index (χ4n) is 3.44. The minimum absolute atomic E-state index is 0.141. The highest BCUT2D eigenvalue weighted by Gasteiger charge is 2.22. The van der Waals surface area contributed by atoms with E-state index in [1.165, 1.54) is 24.3 Å². The predicted molar refractivity (Wildman–Crippen MR) is 117 cm³/mol. The summed E-state index contributed by atoms with van der Waals surface area (Å²) < 4.78 is 14.6. The van der Waals surface area contributed by atoms with Crippen molar-refractivity contribution in [3.05, 3.63) is 72.4 Å². The predicted octanol–water partition coefficient (Wildman–Crippen LogP) is 1.87. The van der Waals surface area contributed by atoms with Crippen LogP contribution in [0, 0.1) is 5.82 Å². The summed E-state index contributed by atoms with van der Waals surface area (Å²) in [6, 6.07) is 11.1. The standard InChI is InChI=1S/C22H24FN7O2/c23-18-2-4-19(5-3-18)27-21(31)16-28-10-12-29(13-11-28)22(32)25-15-17-6-8-24-20(14-17)30-9-1-7-26-30/h1-9,14H,10-13,15-16H2,(H,25,32)(H,27,31). The molecule has 1 aromatic carbocycles. The second-order valence-corrected chi connectivity index (χ2v) is 7.45. The van der Waals surface area contributed by atoms with E-state index in [0.717, 1.165) is 5.56 Å². The van der Waals surface area contributed by atoms with E-state index >= 15 is 0 Å². The van der Waals surface area contributed by atoms with Crippen molar-refractivity contribution in [1.29, 1.82) is 0 Å². The van der Waals surface area contributed by atoms with Gasteiger partial charge in [0, 0.05) is 57.0 Å². The van der Waals surface area contributed by atoms with Gasteiger partial charge in [-0.15, -0.1) is 0 Å². The zero-order valence-corrected chi connectivity index (χ0v) is 17.4. The normalized spacial score (nSPS) is 14.2. The molecular weight excluding hydrogens is 413 g/mol. The Kier molecular flexibility index (Phi) is 6.71. The van der Waals surface area contributed by atoms with Crippen LogP contribution in [0.15, 0.2) is 61.1 Å². The van der Waals surface area contributed by atoms with Crippen LogP contribution in [0.25, 0.3) is 5.82 Å². The van der Waals surface area contributed by atoms with E-state index in [2.05, 4.69) is 20.7 Å². The smallest absolute Gasteiger partial charge is 0.317 e. The molecule has 3 amide bonds. The van der Waals surface area contributed by atoms with E-state index in [4.69, 9.17) is 0 Å². The topological polar surface area (TPSA) is 95.4 Å². The number of amides is 3. The van der Waals surface area contributed by atoms with Gasteiger partial charge in [0.15, 0.2) is 5.82 Å². The second kappa shape index (κ2) is 10.0. The summed E-state index contributed by atoms with van der Waals surface area (Å²) in [5.41, 5.74) is 1.48. The summed E-state index contributed by atoms with van der Waals surface area (Å²) in [6.07, 6.45) is 5.18. The number of pyridine rings is 1. The summed E-state index contributed by atoms with van der Waals surface area (Å²) in [5.74, 6) is 0.175. The molecule has 0 spiro atoms. The van der Waals surface area contributed by atoms with Gasteiger partial charge < -0.3 is 15.5 Å². The van der Waals surface area contributed by atoms with Crippen LogP contribution in [0.3, 0.4) is 0 Å². The van der Waals surface area contributed by atoms with Crippen LogP contribution in [0.4, 0.5) is 14.9 Å². The average Bonchev–Trinajstić information content (AvgIpc) is 3.35. The molecule has 32 heavy (non-hydrogen) atoms. The molecule has 1 fully saturated rings. The SMILES string of the molecule is O=C(CN1CCN(C(=O)NCc2ccnc(-n3cccn3)c2)CC1)Nc1ccc(F)cc1. The van der Waals surface area contributed by atoms with Gasteiger partial charge in [-0.25, -0.2) is 18.9 Å². The van der Waals surface area contributed by atoms with Crippen LogP contribution in [0.5, 0.6) is 0 Å². The summed E-state index contributed by atoms with van der Waals surface area (Å²) in [5, 5.41) is 9.85. The third-order valence-electron chi connectivity index (χ3n) is 5.15. The van der Waals surface area contributed by atoms with Crippen LogP contribution in [-0.4, -0.2) is 69.2 Å². The van der Waals surface area contributed by atoms with Crippen molar-refractivity contribution in [2.75, 3.05) is 38.0 Å². The minimum Gasteiger partial charge on any atom is -0.334 e. The van der Waals surface area contributed by atoms with E-state index in [1.54, 1.807) is 22.0 Å². The van der Waals surface area contributed by atoms with Gasteiger partial charge in [-0.05, 0) is 48.0 Å². The summed E-state index contributed by atoms with van der Waals surface area (Å²) in [4.78, 5) is 32.7. The molecule has 1 saturated heterocycles. The van der Waals surface area contributed by atoms with Crippen LogP contribution in [0.2, 0.25) is 0 Å². The number of benzene rings is 1. The molecule has 2 aromatic heterocycles. The van der Waals surface area contributed by atoms with E-state index in [0.29, 0.717) is 44.2 Å². The number of carbonyl (C=O) groups is 2. The van der Waals surface area contributed by atoms with E-state index in [1.807, 2.05) is 29.3 Å². The number of anilines is 1. The monoisotopic (exact) mass is 437 g/mol. The minimum atomic E-state index is -0.348. The molecule has 3 heterocycles. The Labute approximate surface area is 184 Å². The van der Waals surface area contributed by atoms with Crippen molar-refractivity contribution in [2.24, 2.45) is 0 Å². The highest BCUT2D eigenvalue weighted by atomic mass is 19.1. The Balaban J connectivity index is 1.20. The molecule has 4 rings (SSSR count). The number of carbonyl (C=O) groups excluding carboxylic acids is 2. The summed E-state index contributed by atoms with van der Waals surface area (Å²) >= 11 is 0. The molecule has 2 N–H and O–H groups in total. The lowest BCUT2D eigenvalue weighted by atomic mass is 10.2. The number of nitrogens with zero attached hydrogens (tertiary/aromatic N) is 5. The number of aromatic nitrogens is 3. The number of urea groups is 1. The molecule has 0 atom stereocenters. The first kappa shape index (κ1) is 21.4. The number of hydrogen-bond donors (Lipinski definition) is 2. The molecule has 1 aliphatic heterocycles. The molecule has 3 aromatic rings. The summed E-state index contributed by atoms with van der Waals surface area (Å²) in [7, 11) is 0. The third kappa shape index (κ3) is 5.67. The Morgan fingerprint density at radius 2 is 1.81 bits per heavy atom. The lowest BCUT2D eigenvalue weighted by Crippen LogP contribution is -2.52. The number of halogens is 1. The van der Waals surface area contributed by atoms with Gasteiger partial charge in [0.05, 0.1) is 6.54 Å². The number of nitrogens with one attached hydrogen (secondary N) is 2. The molecule has 9 nitrogen and oxygen atoms in total. The van der Waals surface area contributed by atoms with Gasteiger partial charge in [-0.1, -0.05) is 0 Å². The maximum absolute atomic E-state index is 13.0. The number of piperazine rings is 1. The number of hydrogen-bond acceptors (Lipinski definition) is 5. The van der Waals surface area contributed by atoms with Crippen molar-refractivity contribution in [3.8, 4) is 5.82 Å². The molecule has 0 unspecified atom stereocenters. The van der Waals surface area contributed by atoms with Crippen molar-refractivity contribution in [2.45, 2.75) is 6.54 Å². The van der Waals surface area contributed by atoms with Crippen molar-refractivity contribution in [3.63, 3.8) is 0 Å². The van der Waals surface area contributed by atoms with E-state index < -0.39 is 0 Å². The lowest BCUT2D eigenvalue weighted by molar-refractivity contribution is -0.117. The molecular formula is C22H24FN7O2. The van der Waals surface area contributed by atoms with Gasteiger partial charge in [-0.3, -0.25) is 9.69 Å². The maximum Gasteiger partial charge on any atom is 0.317 e. The van der Waals surface area contributed by atoms with Crippen molar-refractivity contribution >= 4 is 17.6 Å². The van der Waals surface area contributed by atoms with Crippen molar-refractivity contribution < 1.29 is 14.0 Å². The lowest BCUT2D eigenvalue weighted by Gasteiger charge is -2.34. The molecule has 0 aliphatic carbocycles. The first-order valence-electron chi connectivity index (χ1n) is 10.3. The largest absolute Gasteiger partial charge is 0.334 e. The van der Waals surface area contributed by atoms with Crippen LogP contribution in [0.1, 0.15) is 5.56 Å². The highest BCUT2D eigenvalue weighted by Crippen LogP contribution is 2.10. The molecule has 0 saturated carbocycles. The molecule has 10 heteroatoms. The Morgan fingerprint density at radius 1 is 1.03 bits per heavy atom. The zero-order valence-electron chi connectivity index (χ0n) is 17.4. The summed E-state index contributed by atoms with van der Waals surface area (Å²) in [6.45, 7) is 2.87. The molecule has 0 bridgehead atoms. The fraction of sp³-hybridized carbons (Fsp3) is 0.273. The van der Waals surface area contributed by atoms with E-state index in [9.17, 15) is 14.0 Å². The second-order valence-electron chi connectivity index (χ2n) is 7.45. The van der Waals surface area contributed by atoms with Gasteiger partial charge in [0.1, 0.15) is 5.82 Å². The quantitative estimate of drug-likeness (QED) is 0.614. The third-order valence-corrected chi connectivity index (χ3v) is 5.15. The van der Waals surface area contributed by atoms with Crippen LogP contribution < -0.4 is 10.6 Å². The highest BCUT2D eigenvalue weighted by molar-refractivity contribution is 5.92. The maximum atomic E-state index is 13.0. The fourth-order valence-corrected chi connectivity index (χ4v) is 3.44. The molecule has 166 valence electrons. The average molecular weight is 437 g/mol. The Hall–Kier alpha value is -3.79.